The number of ether oxygens (including phenoxy) is 5. The van der Waals surface area contributed by atoms with Crippen molar-refractivity contribution >= 4 is 12.1 Å². The van der Waals surface area contributed by atoms with Gasteiger partial charge in [-0.3, -0.25) is 4.79 Å². The Morgan fingerprint density at radius 3 is 2.43 bits per heavy atom. The highest BCUT2D eigenvalue weighted by atomic mass is 16.9. The van der Waals surface area contributed by atoms with Crippen LogP contribution >= 0.6 is 0 Å². The minimum Gasteiger partial charge on any atom is -0.469 e. The Balaban J connectivity index is 1.45. The van der Waals surface area contributed by atoms with Crippen molar-refractivity contribution in [1.82, 2.24) is 5.32 Å². The molecule has 0 spiro atoms. The molecule has 4 fully saturated rings. The number of alkyl carbamates (subject to hydrolysis) is 1. The van der Waals surface area contributed by atoms with E-state index in [2.05, 4.69) is 5.32 Å². The fourth-order valence-corrected chi connectivity index (χ4v) is 3.70. The summed E-state index contributed by atoms with van der Waals surface area (Å²) in [7, 11) is 1.35. The largest absolute Gasteiger partial charge is 0.469 e. The Morgan fingerprint density at radius 2 is 1.82 bits per heavy atom. The maximum atomic E-state index is 12.5. The molecule has 3 saturated heterocycles. The zero-order valence-corrected chi connectivity index (χ0v) is 16.0. The molecule has 1 aromatic rings. The van der Waals surface area contributed by atoms with Crippen molar-refractivity contribution in [3.8, 4) is 0 Å². The molecule has 4 aliphatic rings. The lowest BCUT2D eigenvalue weighted by atomic mass is 9.90. The molecule has 152 valence electrons. The lowest BCUT2D eigenvalue weighted by Gasteiger charge is -2.53. The van der Waals surface area contributed by atoms with Gasteiger partial charge in [0, 0.05) is 11.3 Å². The Kier molecular flexibility index (Phi) is 5.03. The molecule has 0 unspecified atom stereocenters. The monoisotopic (exact) mass is 391 g/mol. The number of nitrogens with one attached hydrogen (secondary N) is 1. The van der Waals surface area contributed by atoms with Gasteiger partial charge in [0.15, 0.2) is 0 Å². The molecule has 1 N–H and O–H groups in total. The molecule has 1 aliphatic carbocycles. The smallest absolute Gasteiger partial charge is 0.407 e. The number of amides is 1. The number of hydrogen-bond donors (Lipinski definition) is 1. The fourth-order valence-electron chi connectivity index (χ4n) is 3.70. The van der Waals surface area contributed by atoms with Crippen LogP contribution in [0, 0.1) is 17.3 Å². The molecule has 3 atom stereocenters. The number of hydrogen-bond acceptors (Lipinski definition) is 7. The van der Waals surface area contributed by atoms with Crippen molar-refractivity contribution in [2.45, 2.75) is 32.0 Å². The highest BCUT2D eigenvalue weighted by molar-refractivity contribution is 5.76. The number of benzene rings is 1. The first kappa shape index (κ1) is 19.2. The number of methoxy groups -OCH3 is 1. The van der Waals surface area contributed by atoms with Crippen LogP contribution in [0.4, 0.5) is 4.79 Å². The molecule has 3 aliphatic heterocycles. The third-order valence-corrected chi connectivity index (χ3v) is 5.50. The quantitative estimate of drug-likeness (QED) is 0.740. The standard InChI is InChI=1S/C20H25NO7/c1-19-10-26-20(27-11-19,28-12-19)16(14-8-15(14)17(22)24-2)21-18(23)25-9-13-6-4-3-5-7-13/h3-7,14-16H,8-12H2,1-2H3,(H,21,23)/t14-,15+,16-,19?,20?/m0/s1. The van der Waals surface area contributed by atoms with Crippen LogP contribution in [0.1, 0.15) is 18.9 Å². The first-order chi connectivity index (χ1) is 13.4. The average molecular weight is 391 g/mol. The molecule has 0 aromatic heterocycles. The van der Waals surface area contributed by atoms with Gasteiger partial charge in [-0.05, 0) is 12.0 Å². The zero-order valence-electron chi connectivity index (χ0n) is 16.0. The van der Waals surface area contributed by atoms with Crippen LogP contribution in [0.3, 0.4) is 0 Å². The van der Waals surface area contributed by atoms with E-state index in [-0.39, 0.29) is 29.8 Å². The predicted molar refractivity (Wildman–Crippen MR) is 95.9 cm³/mol. The third kappa shape index (κ3) is 3.72. The van der Waals surface area contributed by atoms with Crippen molar-refractivity contribution in [1.29, 1.82) is 0 Å². The van der Waals surface area contributed by atoms with Crippen molar-refractivity contribution in [2.24, 2.45) is 17.3 Å². The molecule has 3 heterocycles. The molecule has 1 saturated carbocycles. The SMILES string of the molecule is COC(=O)[C@@H]1C[C@@H]1[C@H](NC(=O)OCc1ccccc1)C12OCC(C)(CO1)CO2. The third-order valence-electron chi connectivity index (χ3n) is 5.50. The minimum absolute atomic E-state index is 0.137. The first-order valence-electron chi connectivity index (χ1n) is 9.42. The zero-order chi connectivity index (χ0) is 19.8. The molecule has 2 bridgehead atoms. The number of carbonyl (C=O) groups excluding carboxylic acids is 2. The Bertz CT molecular complexity index is 713. The van der Waals surface area contributed by atoms with Gasteiger partial charge in [-0.1, -0.05) is 37.3 Å². The minimum atomic E-state index is -1.41. The molecule has 8 nitrogen and oxygen atoms in total. The highest BCUT2D eigenvalue weighted by Gasteiger charge is 2.63. The molecule has 28 heavy (non-hydrogen) atoms. The van der Waals surface area contributed by atoms with Crippen molar-refractivity contribution in [3.05, 3.63) is 35.9 Å². The van der Waals surface area contributed by atoms with Gasteiger partial charge in [0.2, 0.25) is 0 Å². The van der Waals surface area contributed by atoms with E-state index in [1.54, 1.807) is 0 Å². The second kappa shape index (κ2) is 7.35. The van der Waals surface area contributed by atoms with Crippen molar-refractivity contribution in [2.75, 3.05) is 26.9 Å². The van der Waals surface area contributed by atoms with E-state index in [0.29, 0.717) is 26.2 Å². The summed E-state index contributed by atoms with van der Waals surface area (Å²) in [4.78, 5) is 24.4. The van der Waals surface area contributed by atoms with E-state index in [9.17, 15) is 9.59 Å². The van der Waals surface area contributed by atoms with Gasteiger partial charge in [0.1, 0.15) is 12.6 Å². The fraction of sp³-hybridized carbons (Fsp3) is 0.600. The van der Waals surface area contributed by atoms with E-state index in [4.69, 9.17) is 23.7 Å². The van der Waals surface area contributed by atoms with E-state index < -0.39 is 18.1 Å². The number of fused-ring (bicyclic) bond motifs is 3. The van der Waals surface area contributed by atoms with Crippen LogP contribution in [0.15, 0.2) is 30.3 Å². The second-order valence-electron chi connectivity index (χ2n) is 7.99. The number of carbonyl (C=O) groups is 2. The predicted octanol–water partition coefficient (Wildman–Crippen LogP) is 1.83. The number of rotatable bonds is 6. The Morgan fingerprint density at radius 1 is 1.18 bits per heavy atom. The van der Waals surface area contributed by atoms with Crippen molar-refractivity contribution in [3.63, 3.8) is 0 Å². The average Bonchev–Trinajstić information content (AvgIpc) is 3.52. The number of esters is 1. The summed E-state index contributed by atoms with van der Waals surface area (Å²) in [6.07, 6.45) is -0.0563. The molecule has 1 aromatic carbocycles. The van der Waals surface area contributed by atoms with Crippen LogP contribution in [-0.4, -0.2) is 51.0 Å². The summed E-state index contributed by atoms with van der Waals surface area (Å²) >= 11 is 0. The van der Waals surface area contributed by atoms with Crippen LogP contribution in [0.5, 0.6) is 0 Å². The second-order valence-corrected chi connectivity index (χ2v) is 7.99. The molecular formula is C20H25NO7. The summed E-state index contributed by atoms with van der Waals surface area (Å²) in [6.45, 7) is 3.53. The lowest BCUT2D eigenvalue weighted by molar-refractivity contribution is -0.475. The van der Waals surface area contributed by atoms with Gasteiger partial charge in [0.25, 0.3) is 0 Å². The summed E-state index contributed by atoms with van der Waals surface area (Å²) in [5.41, 5.74) is 0.673. The molecule has 8 heteroatoms. The van der Waals surface area contributed by atoms with Gasteiger partial charge >= 0.3 is 18.0 Å². The van der Waals surface area contributed by atoms with Crippen molar-refractivity contribution < 1.29 is 33.3 Å². The van der Waals surface area contributed by atoms with Crippen LogP contribution in [0.2, 0.25) is 0 Å². The summed E-state index contributed by atoms with van der Waals surface area (Å²) < 4.78 is 27.8. The maximum absolute atomic E-state index is 12.5. The molecule has 1 amide bonds. The van der Waals surface area contributed by atoms with E-state index in [1.165, 1.54) is 7.11 Å². The van der Waals surface area contributed by atoms with Crippen LogP contribution in [-0.2, 0) is 35.1 Å². The van der Waals surface area contributed by atoms with Crippen LogP contribution in [0.25, 0.3) is 0 Å². The normalized spacial score (nSPS) is 34.4. The summed E-state index contributed by atoms with van der Waals surface area (Å²) in [5, 5.41) is 2.81. The summed E-state index contributed by atoms with van der Waals surface area (Å²) in [5.74, 6) is -2.26. The topological polar surface area (TPSA) is 92.3 Å². The maximum Gasteiger partial charge on any atom is 0.407 e. The van der Waals surface area contributed by atoms with E-state index >= 15 is 0 Å². The molecule has 0 radical (unpaired) electrons. The van der Waals surface area contributed by atoms with Gasteiger partial charge in [-0.15, -0.1) is 0 Å². The van der Waals surface area contributed by atoms with E-state index in [1.807, 2.05) is 37.3 Å². The first-order valence-corrected chi connectivity index (χ1v) is 9.42. The molecular weight excluding hydrogens is 366 g/mol. The Hall–Kier alpha value is -2.16. The van der Waals surface area contributed by atoms with Crippen LogP contribution < -0.4 is 5.32 Å². The van der Waals surface area contributed by atoms with Gasteiger partial charge in [-0.2, -0.15) is 0 Å². The van der Waals surface area contributed by atoms with Gasteiger partial charge < -0.3 is 29.0 Å². The summed E-state index contributed by atoms with van der Waals surface area (Å²) in [6, 6.07) is 8.71. The molecule has 5 rings (SSSR count). The lowest BCUT2D eigenvalue weighted by Crippen LogP contribution is -2.68. The highest BCUT2D eigenvalue weighted by Crippen LogP contribution is 2.50. The van der Waals surface area contributed by atoms with Gasteiger partial charge in [-0.25, -0.2) is 4.79 Å². The Labute approximate surface area is 163 Å². The van der Waals surface area contributed by atoms with E-state index in [0.717, 1.165) is 5.56 Å². The van der Waals surface area contributed by atoms with Gasteiger partial charge in [0.05, 0.1) is 32.8 Å².